The van der Waals surface area contributed by atoms with Gasteiger partial charge in [-0.15, -0.1) is 0 Å². The van der Waals surface area contributed by atoms with Crippen molar-refractivity contribution in [3.63, 3.8) is 0 Å². The lowest BCUT2D eigenvalue weighted by Gasteiger charge is -2.06. The van der Waals surface area contributed by atoms with E-state index >= 15 is 0 Å². The van der Waals surface area contributed by atoms with Crippen LogP contribution in [-0.2, 0) is 0 Å². The number of carbonyl (C=O) groups excluding carboxylic acids is 2. The Labute approximate surface area is 228 Å². The molecule has 5 rings (SSSR count). The number of methoxy groups -OCH3 is 1. The van der Waals surface area contributed by atoms with Gasteiger partial charge in [0.2, 0.25) is 0 Å². The van der Waals surface area contributed by atoms with E-state index in [-0.39, 0.29) is 17.1 Å². The third-order valence-electron chi connectivity index (χ3n) is 5.86. The number of furan rings is 1. The van der Waals surface area contributed by atoms with Gasteiger partial charge in [-0.25, -0.2) is 4.79 Å². The summed E-state index contributed by atoms with van der Waals surface area (Å²) in [6.07, 6.45) is 3.05. The second-order valence-corrected chi connectivity index (χ2v) is 9.16. The molecule has 0 fully saturated rings. The van der Waals surface area contributed by atoms with Crippen LogP contribution in [0.3, 0.4) is 0 Å². The molecule has 0 amide bonds. The Bertz CT molecular complexity index is 1670. The van der Waals surface area contributed by atoms with Crippen LogP contribution in [0.2, 0.25) is 10.0 Å². The van der Waals surface area contributed by atoms with E-state index in [2.05, 4.69) is 0 Å². The van der Waals surface area contributed by atoms with E-state index in [4.69, 9.17) is 37.1 Å². The van der Waals surface area contributed by atoms with E-state index in [1.807, 2.05) is 30.3 Å². The van der Waals surface area contributed by atoms with Gasteiger partial charge in [0.25, 0.3) is 0 Å². The van der Waals surface area contributed by atoms with Gasteiger partial charge in [0, 0.05) is 26.6 Å². The Balaban J connectivity index is 1.39. The van der Waals surface area contributed by atoms with Crippen molar-refractivity contribution in [3.05, 3.63) is 124 Å². The van der Waals surface area contributed by atoms with E-state index in [0.717, 1.165) is 5.56 Å². The summed E-state index contributed by atoms with van der Waals surface area (Å²) in [5, 5.41) is 1.54. The SMILES string of the molecule is COc1ccc2oc(-c3ccccc3)c(C(=O)Oc3ccc(C(=O)/C=C/c4ccc(Cl)cc4Cl)cc3)c2c1. The summed E-state index contributed by atoms with van der Waals surface area (Å²) in [5.74, 6) is 0.451. The maximum Gasteiger partial charge on any atom is 0.348 e. The zero-order valence-corrected chi connectivity index (χ0v) is 21.6. The highest BCUT2D eigenvalue weighted by atomic mass is 35.5. The summed E-state index contributed by atoms with van der Waals surface area (Å²) in [5.41, 5.74) is 2.66. The fourth-order valence-electron chi connectivity index (χ4n) is 3.94. The summed E-state index contributed by atoms with van der Waals surface area (Å²) in [6.45, 7) is 0. The van der Waals surface area contributed by atoms with Crippen molar-refractivity contribution >= 4 is 52.0 Å². The number of rotatable bonds is 7. The molecule has 0 saturated carbocycles. The number of ketones is 1. The van der Waals surface area contributed by atoms with E-state index in [1.54, 1.807) is 73.8 Å². The van der Waals surface area contributed by atoms with Crippen LogP contribution in [0.4, 0.5) is 0 Å². The molecule has 4 aromatic carbocycles. The van der Waals surface area contributed by atoms with E-state index in [1.165, 1.54) is 6.08 Å². The summed E-state index contributed by atoms with van der Waals surface area (Å²) in [6, 6.07) is 25.9. The van der Waals surface area contributed by atoms with Gasteiger partial charge >= 0.3 is 5.97 Å². The van der Waals surface area contributed by atoms with Crippen molar-refractivity contribution in [1.82, 2.24) is 0 Å². The second-order valence-electron chi connectivity index (χ2n) is 8.31. The zero-order valence-electron chi connectivity index (χ0n) is 20.1. The topological polar surface area (TPSA) is 65.7 Å². The van der Waals surface area contributed by atoms with Crippen LogP contribution < -0.4 is 9.47 Å². The number of hydrogen-bond donors (Lipinski definition) is 0. The molecule has 5 aromatic rings. The fourth-order valence-corrected chi connectivity index (χ4v) is 4.41. The Hall–Kier alpha value is -4.32. The van der Waals surface area contributed by atoms with Crippen molar-refractivity contribution in [2.75, 3.05) is 7.11 Å². The number of carbonyl (C=O) groups is 2. The van der Waals surface area contributed by atoms with Gasteiger partial charge < -0.3 is 13.9 Å². The van der Waals surface area contributed by atoms with Crippen LogP contribution in [0.25, 0.3) is 28.4 Å². The second kappa shape index (κ2) is 11.0. The predicted molar refractivity (Wildman–Crippen MR) is 149 cm³/mol. The maximum absolute atomic E-state index is 13.4. The van der Waals surface area contributed by atoms with Gasteiger partial charge in [-0.1, -0.05) is 59.6 Å². The molecule has 0 N–H and O–H groups in total. The molecule has 0 atom stereocenters. The van der Waals surface area contributed by atoms with Crippen molar-refractivity contribution in [1.29, 1.82) is 0 Å². The first kappa shape index (κ1) is 25.3. The van der Waals surface area contributed by atoms with E-state index in [9.17, 15) is 9.59 Å². The highest BCUT2D eigenvalue weighted by Gasteiger charge is 2.24. The predicted octanol–water partition coefficient (Wildman–Crippen LogP) is 8.53. The normalized spacial score (nSPS) is 11.1. The smallest absolute Gasteiger partial charge is 0.348 e. The van der Waals surface area contributed by atoms with Crippen LogP contribution in [0.15, 0.2) is 101 Å². The fraction of sp³-hybridized carbons (Fsp3) is 0.0323. The van der Waals surface area contributed by atoms with Gasteiger partial charge in [0.1, 0.15) is 28.4 Å². The highest BCUT2D eigenvalue weighted by molar-refractivity contribution is 6.35. The largest absolute Gasteiger partial charge is 0.497 e. The van der Waals surface area contributed by atoms with Crippen molar-refractivity contribution in [2.24, 2.45) is 0 Å². The number of allylic oxidation sites excluding steroid dienone is 1. The van der Waals surface area contributed by atoms with Gasteiger partial charge in [0.15, 0.2) is 5.78 Å². The highest BCUT2D eigenvalue weighted by Crippen LogP contribution is 2.36. The number of fused-ring (bicyclic) bond motifs is 1. The lowest BCUT2D eigenvalue weighted by atomic mass is 10.1. The first-order valence-corrected chi connectivity index (χ1v) is 12.3. The molecule has 0 spiro atoms. The minimum atomic E-state index is -0.591. The summed E-state index contributed by atoms with van der Waals surface area (Å²) in [7, 11) is 1.56. The van der Waals surface area contributed by atoms with Gasteiger partial charge in [0.05, 0.1) is 7.11 Å². The van der Waals surface area contributed by atoms with Crippen LogP contribution in [0.5, 0.6) is 11.5 Å². The molecule has 1 aromatic heterocycles. The number of hydrogen-bond acceptors (Lipinski definition) is 5. The van der Waals surface area contributed by atoms with Crippen LogP contribution in [0, 0.1) is 0 Å². The standard InChI is InChI=1S/C31H20Cl2O5/c1-36-24-14-16-28-25(18-24)29(30(38-28)21-5-3-2-4-6-21)31(35)37-23-12-8-20(9-13-23)27(34)15-10-19-7-11-22(32)17-26(19)33/h2-18H,1H3/b15-10+. The Morgan fingerprint density at radius 3 is 2.29 bits per heavy atom. The molecule has 0 unspecified atom stereocenters. The molecule has 7 heteroatoms. The summed E-state index contributed by atoms with van der Waals surface area (Å²) in [4.78, 5) is 26.0. The Morgan fingerprint density at radius 1 is 0.842 bits per heavy atom. The lowest BCUT2D eigenvalue weighted by Crippen LogP contribution is -2.09. The Kier molecular flexibility index (Phi) is 7.31. The van der Waals surface area contributed by atoms with Crippen molar-refractivity contribution in [2.45, 2.75) is 0 Å². The first-order valence-electron chi connectivity index (χ1n) is 11.6. The van der Waals surface area contributed by atoms with Crippen LogP contribution >= 0.6 is 23.2 Å². The number of esters is 1. The Morgan fingerprint density at radius 2 is 1.58 bits per heavy atom. The van der Waals surface area contributed by atoms with Crippen LogP contribution in [-0.4, -0.2) is 18.9 Å². The molecular formula is C31H20Cl2O5. The molecule has 188 valence electrons. The monoisotopic (exact) mass is 542 g/mol. The summed E-state index contributed by atoms with van der Waals surface area (Å²) < 4.78 is 17.1. The summed E-state index contributed by atoms with van der Waals surface area (Å²) >= 11 is 12.1. The minimum Gasteiger partial charge on any atom is -0.497 e. The van der Waals surface area contributed by atoms with E-state index in [0.29, 0.717) is 43.7 Å². The molecule has 0 aliphatic heterocycles. The first-order chi connectivity index (χ1) is 18.4. The average molecular weight is 543 g/mol. The van der Waals surface area contributed by atoms with Gasteiger partial charge in [-0.3, -0.25) is 4.79 Å². The minimum absolute atomic E-state index is 0.229. The quantitative estimate of drug-likeness (QED) is 0.0891. The molecule has 1 heterocycles. The average Bonchev–Trinajstić information content (AvgIpc) is 3.32. The molecule has 5 nitrogen and oxygen atoms in total. The van der Waals surface area contributed by atoms with Crippen molar-refractivity contribution in [3.8, 4) is 22.8 Å². The molecule has 0 radical (unpaired) electrons. The van der Waals surface area contributed by atoms with E-state index < -0.39 is 5.97 Å². The molecule has 0 bridgehead atoms. The van der Waals surface area contributed by atoms with Gasteiger partial charge in [-0.2, -0.15) is 0 Å². The zero-order chi connectivity index (χ0) is 26.6. The third-order valence-corrected chi connectivity index (χ3v) is 6.42. The van der Waals surface area contributed by atoms with Crippen molar-refractivity contribution < 1.29 is 23.5 Å². The molecule has 0 aliphatic carbocycles. The third kappa shape index (κ3) is 5.35. The number of halogens is 2. The number of ether oxygens (including phenoxy) is 2. The number of benzene rings is 4. The van der Waals surface area contributed by atoms with Crippen LogP contribution in [0.1, 0.15) is 26.3 Å². The maximum atomic E-state index is 13.4. The molecular weight excluding hydrogens is 523 g/mol. The molecule has 0 saturated heterocycles. The molecule has 38 heavy (non-hydrogen) atoms. The van der Waals surface area contributed by atoms with Gasteiger partial charge in [-0.05, 0) is 72.3 Å². The lowest BCUT2D eigenvalue weighted by molar-refractivity contribution is 0.0737. The molecule has 0 aliphatic rings.